The van der Waals surface area contributed by atoms with Gasteiger partial charge in [0.05, 0.1) is 0 Å². The average molecular weight is 398 g/mol. The summed E-state index contributed by atoms with van der Waals surface area (Å²) in [6, 6.07) is 21.7. The molecule has 0 atom stereocenters. The number of nitrogens with one attached hydrogen (secondary N) is 1. The van der Waals surface area contributed by atoms with E-state index in [-0.39, 0.29) is 17.2 Å². The minimum Gasteiger partial charge on any atom is -0.508 e. The van der Waals surface area contributed by atoms with Crippen LogP contribution >= 0.6 is 0 Å². The van der Waals surface area contributed by atoms with E-state index < -0.39 is 0 Å². The third kappa shape index (κ3) is 3.28. The summed E-state index contributed by atoms with van der Waals surface area (Å²) >= 11 is 0. The molecule has 0 saturated heterocycles. The number of H-pyrrole nitrogens is 1. The molecule has 150 valence electrons. The van der Waals surface area contributed by atoms with E-state index in [1.54, 1.807) is 36.4 Å². The van der Waals surface area contributed by atoms with Crippen LogP contribution in [0.2, 0.25) is 0 Å². The Labute approximate surface area is 174 Å². The summed E-state index contributed by atoms with van der Waals surface area (Å²) in [5.74, 6) is 1.50. The van der Waals surface area contributed by atoms with Crippen LogP contribution in [-0.4, -0.2) is 25.5 Å². The van der Waals surface area contributed by atoms with E-state index >= 15 is 0 Å². The highest BCUT2D eigenvalue weighted by Gasteiger charge is 2.35. The molecule has 0 unspecified atom stereocenters. The Balaban J connectivity index is 1.51. The summed E-state index contributed by atoms with van der Waals surface area (Å²) in [6.07, 6.45) is 1.99. The molecule has 0 bridgehead atoms. The van der Waals surface area contributed by atoms with E-state index in [2.05, 4.69) is 10.2 Å². The van der Waals surface area contributed by atoms with E-state index in [1.165, 1.54) is 5.56 Å². The highest BCUT2D eigenvalue weighted by molar-refractivity contribution is 5.83. The number of aromatic nitrogens is 2. The average Bonchev–Trinajstić information content (AvgIpc) is 3.13. The van der Waals surface area contributed by atoms with E-state index in [0.29, 0.717) is 11.8 Å². The van der Waals surface area contributed by atoms with Gasteiger partial charge in [0.25, 0.3) is 0 Å². The second kappa shape index (κ2) is 7.26. The number of aromatic hydroxyl groups is 3. The van der Waals surface area contributed by atoms with Crippen LogP contribution in [0.3, 0.4) is 0 Å². The molecule has 0 aliphatic heterocycles. The number of hydrogen-bond donors (Lipinski definition) is 4. The first-order valence-electron chi connectivity index (χ1n) is 10.0. The van der Waals surface area contributed by atoms with Crippen LogP contribution in [0.15, 0.2) is 72.8 Å². The minimum absolute atomic E-state index is 0.212. The van der Waals surface area contributed by atoms with Crippen molar-refractivity contribution in [3.8, 4) is 39.6 Å². The van der Waals surface area contributed by atoms with E-state index in [9.17, 15) is 15.3 Å². The smallest absolute Gasteiger partial charge is 0.116 e. The minimum atomic E-state index is 0.212. The van der Waals surface area contributed by atoms with Crippen molar-refractivity contribution in [3.05, 3.63) is 84.1 Å². The SMILES string of the molecule is Oc1ccc(-c2n[nH]c(C3CC(c4ccc(O)cc4)C3)c2-c2cccc(O)c2)cc1. The molecule has 5 rings (SSSR count). The van der Waals surface area contributed by atoms with Gasteiger partial charge in [-0.2, -0.15) is 5.10 Å². The van der Waals surface area contributed by atoms with E-state index in [0.717, 1.165) is 40.9 Å². The maximum Gasteiger partial charge on any atom is 0.116 e. The molecule has 4 N–H and O–H groups in total. The molecule has 0 radical (unpaired) electrons. The van der Waals surface area contributed by atoms with Gasteiger partial charge in [0.2, 0.25) is 0 Å². The third-order valence-electron chi connectivity index (χ3n) is 5.98. The monoisotopic (exact) mass is 398 g/mol. The van der Waals surface area contributed by atoms with Gasteiger partial charge in [-0.3, -0.25) is 5.10 Å². The fourth-order valence-electron chi connectivity index (χ4n) is 4.30. The number of benzene rings is 3. The molecule has 1 saturated carbocycles. The highest BCUT2D eigenvalue weighted by atomic mass is 16.3. The van der Waals surface area contributed by atoms with Crippen LogP contribution in [-0.2, 0) is 0 Å². The van der Waals surface area contributed by atoms with Crippen molar-refractivity contribution in [2.45, 2.75) is 24.7 Å². The van der Waals surface area contributed by atoms with Crippen molar-refractivity contribution in [1.82, 2.24) is 10.2 Å². The van der Waals surface area contributed by atoms with Crippen molar-refractivity contribution in [3.63, 3.8) is 0 Å². The Morgan fingerprint density at radius 2 is 1.37 bits per heavy atom. The third-order valence-corrected chi connectivity index (χ3v) is 5.98. The lowest BCUT2D eigenvalue weighted by Crippen LogP contribution is -2.21. The van der Waals surface area contributed by atoms with Gasteiger partial charge in [0.15, 0.2) is 0 Å². The lowest BCUT2D eigenvalue weighted by molar-refractivity contribution is 0.345. The van der Waals surface area contributed by atoms with Gasteiger partial charge in [0, 0.05) is 22.7 Å². The number of aromatic amines is 1. The van der Waals surface area contributed by atoms with Crippen LogP contribution in [0.1, 0.15) is 35.9 Å². The Morgan fingerprint density at radius 1 is 0.700 bits per heavy atom. The van der Waals surface area contributed by atoms with Crippen molar-refractivity contribution in [2.75, 3.05) is 0 Å². The number of phenolic OH excluding ortho intramolecular Hbond substituents is 3. The molecule has 5 nitrogen and oxygen atoms in total. The summed E-state index contributed by atoms with van der Waals surface area (Å²) in [4.78, 5) is 0. The van der Waals surface area contributed by atoms with Crippen LogP contribution in [0.4, 0.5) is 0 Å². The lowest BCUT2D eigenvalue weighted by atomic mass is 9.69. The zero-order valence-corrected chi connectivity index (χ0v) is 16.3. The predicted molar refractivity (Wildman–Crippen MR) is 116 cm³/mol. The molecule has 30 heavy (non-hydrogen) atoms. The van der Waals surface area contributed by atoms with Crippen LogP contribution in [0.5, 0.6) is 17.2 Å². The first kappa shape index (κ1) is 18.3. The Hall–Kier alpha value is -3.73. The molecule has 1 aromatic heterocycles. The number of phenols is 3. The molecule has 1 fully saturated rings. The largest absolute Gasteiger partial charge is 0.508 e. The predicted octanol–water partition coefficient (Wildman–Crippen LogP) is 5.52. The normalized spacial score (nSPS) is 18.1. The van der Waals surface area contributed by atoms with E-state index in [1.807, 2.05) is 36.4 Å². The number of nitrogens with zero attached hydrogens (tertiary/aromatic N) is 1. The second-order valence-electron chi connectivity index (χ2n) is 7.91. The van der Waals surface area contributed by atoms with Crippen LogP contribution < -0.4 is 0 Å². The van der Waals surface area contributed by atoms with Crippen LogP contribution in [0.25, 0.3) is 22.4 Å². The molecule has 0 amide bonds. The molecular weight excluding hydrogens is 376 g/mol. The highest BCUT2D eigenvalue weighted by Crippen LogP contribution is 2.50. The summed E-state index contributed by atoms with van der Waals surface area (Å²) in [6.45, 7) is 0. The summed E-state index contributed by atoms with van der Waals surface area (Å²) in [5.41, 5.74) is 5.92. The molecule has 4 aromatic rings. The van der Waals surface area contributed by atoms with Gasteiger partial charge in [0.1, 0.15) is 22.9 Å². The maximum atomic E-state index is 10.0. The molecule has 0 spiro atoms. The first-order valence-corrected chi connectivity index (χ1v) is 10.0. The quantitative estimate of drug-likeness (QED) is 0.364. The number of hydrogen-bond acceptors (Lipinski definition) is 4. The van der Waals surface area contributed by atoms with Gasteiger partial charge in [-0.1, -0.05) is 24.3 Å². The second-order valence-corrected chi connectivity index (χ2v) is 7.91. The van der Waals surface area contributed by atoms with Gasteiger partial charge >= 0.3 is 0 Å². The van der Waals surface area contributed by atoms with Crippen molar-refractivity contribution in [1.29, 1.82) is 0 Å². The fourth-order valence-corrected chi connectivity index (χ4v) is 4.30. The molecule has 1 aliphatic carbocycles. The molecular formula is C25H22N2O3. The lowest BCUT2D eigenvalue weighted by Gasteiger charge is -2.35. The van der Waals surface area contributed by atoms with Gasteiger partial charge in [-0.15, -0.1) is 0 Å². The molecule has 3 aromatic carbocycles. The van der Waals surface area contributed by atoms with Crippen molar-refractivity contribution >= 4 is 0 Å². The topological polar surface area (TPSA) is 89.4 Å². The summed E-state index contributed by atoms with van der Waals surface area (Å²) in [5, 5.41) is 37.1. The Kier molecular flexibility index (Phi) is 4.43. The molecule has 1 aliphatic rings. The summed E-state index contributed by atoms with van der Waals surface area (Å²) < 4.78 is 0. The molecule has 1 heterocycles. The maximum absolute atomic E-state index is 10.0. The van der Waals surface area contributed by atoms with Gasteiger partial charge < -0.3 is 15.3 Å². The van der Waals surface area contributed by atoms with Gasteiger partial charge in [-0.05, 0) is 78.4 Å². The molecule has 5 heteroatoms. The number of rotatable bonds is 4. The standard InChI is InChI=1S/C25H22N2O3/c28-20-8-4-15(5-9-20)18-12-19(13-18)25-23(17-2-1-3-22(30)14-17)24(26-27-25)16-6-10-21(29)11-7-16/h1-11,14,18-19,28-30H,12-13H2,(H,26,27). The Bertz CT molecular complexity index is 1170. The fraction of sp³-hybridized carbons (Fsp3) is 0.160. The zero-order chi connectivity index (χ0) is 20.7. The van der Waals surface area contributed by atoms with E-state index in [4.69, 9.17) is 0 Å². The van der Waals surface area contributed by atoms with Gasteiger partial charge in [-0.25, -0.2) is 0 Å². The Morgan fingerprint density at radius 3 is 2.03 bits per heavy atom. The van der Waals surface area contributed by atoms with Crippen LogP contribution in [0, 0.1) is 0 Å². The van der Waals surface area contributed by atoms with Crippen molar-refractivity contribution in [2.24, 2.45) is 0 Å². The first-order chi connectivity index (χ1) is 14.6. The zero-order valence-electron chi connectivity index (χ0n) is 16.3. The van der Waals surface area contributed by atoms with Crippen molar-refractivity contribution < 1.29 is 15.3 Å². The summed E-state index contributed by atoms with van der Waals surface area (Å²) in [7, 11) is 0.